The number of hydrogen-bond acceptors (Lipinski definition) is 3. The Morgan fingerprint density at radius 1 is 1.25 bits per heavy atom. The van der Waals surface area contributed by atoms with Crippen molar-refractivity contribution in [2.45, 2.75) is 42.7 Å². The van der Waals surface area contributed by atoms with E-state index < -0.39 is 0 Å². The van der Waals surface area contributed by atoms with Gasteiger partial charge in [-0.05, 0) is 37.8 Å². The molecule has 2 nitrogen and oxygen atoms in total. The van der Waals surface area contributed by atoms with Gasteiger partial charge < -0.3 is 10.2 Å². The molecule has 3 rings (SSSR count). The first-order chi connectivity index (χ1) is 9.76. The van der Waals surface area contributed by atoms with Gasteiger partial charge in [0.25, 0.3) is 0 Å². The quantitative estimate of drug-likeness (QED) is 0.921. The van der Waals surface area contributed by atoms with Crippen LogP contribution in [0.25, 0.3) is 0 Å². The van der Waals surface area contributed by atoms with Crippen molar-refractivity contribution in [2.24, 2.45) is 0 Å². The second kappa shape index (κ2) is 6.50. The van der Waals surface area contributed by atoms with E-state index in [1.54, 1.807) is 0 Å². The second-order valence-electron chi connectivity index (χ2n) is 6.22. The number of rotatable bonds is 3. The average molecular weight is 290 g/mol. The summed E-state index contributed by atoms with van der Waals surface area (Å²) in [5.41, 5.74) is 1.46. The maximum absolute atomic E-state index is 3.80. The molecule has 2 fully saturated rings. The van der Waals surface area contributed by atoms with E-state index in [0.717, 1.165) is 5.25 Å². The molecule has 0 amide bonds. The van der Waals surface area contributed by atoms with Gasteiger partial charge in [-0.1, -0.05) is 37.3 Å². The van der Waals surface area contributed by atoms with Gasteiger partial charge in [-0.15, -0.1) is 11.8 Å². The van der Waals surface area contributed by atoms with E-state index in [2.05, 4.69) is 59.2 Å². The lowest BCUT2D eigenvalue weighted by Gasteiger charge is -2.46. The van der Waals surface area contributed by atoms with Crippen LogP contribution in [0.1, 0.15) is 31.7 Å². The molecule has 1 N–H and O–H groups in total. The van der Waals surface area contributed by atoms with Crippen molar-refractivity contribution >= 4 is 11.8 Å². The molecule has 2 aliphatic rings. The molecule has 1 spiro atoms. The van der Waals surface area contributed by atoms with Crippen LogP contribution in [-0.4, -0.2) is 41.2 Å². The fraction of sp³-hybridized carbons (Fsp3) is 0.647. The van der Waals surface area contributed by atoms with Gasteiger partial charge in [0.05, 0.1) is 4.87 Å². The van der Waals surface area contributed by atoms with E-state index in [0.29, 0.717) is 4.87 Å². The van der Waals surface area contributed by atoms with Crippen molar-refractivity contribution in [3.8, 4) is 0 Å². The molecule has 1 aromatic carbocycles. The van der Waals surface area contributed by atoms with E-state index in [1.807, 2.05) is 0 Å². The van der Waals surface area contributed by atoms with Crippen LogP contribution in [0, 0.1) is 0 Å². The Bertz CT molecular complexity index is 412. The zero-order valence-corrected chi connectivity index (χ0v) is 13.3. The Morgan fingerprint density at radius 2 is 2.00 bits per heavy atom. The average Bonchev–Trinajstić information content (AvgIpc) is 2.48. The molecule has 1 aromatic rings. The number of thioether (sulfide) groups is 1. The second-order valence-corrected chi connectivity index (χ2v) is 8.04. The zero-order valence-electron chi connectivity index (χ0n) is 12.5. The molecular weight excluding hydrogens is 264 g/mol. The van der Waals surface area contributed by atoms with Crippen molar-refractivity contribution in [2.75, 3.05) is 26.2 Å². The summed E-state index contributed by atoms with van der Waals surface area (Å²) < 4.78 is 0. The fourth-order valence-corrected chi connectivity index (χ4v) is 4.96. The lowest BCUT2D eigenvalue weighted by atomic mass is 10.0. The Hall–Kier alpha value is -0.510. The number of hydrogen-bond donors (Lipinski definition) is 1. The van der Waals surface area contributed by atoms with Crippen molar-refractivity contribution in [1.82, 2.24) is 10.2 Å². The Kier molecular flexibility index (Phi) is 4.69. The minimum Gasteiger partial charge on any atom is -0.303 e. The predicted molar refractivity (Wildman–Crippen MR) is 88.2 cm³/mol. The number of nitrogens with one attached hydrogen (secondary N) is 1. The summed E-state index contributed by atoms with van der Waals surface area (Å²) in [5, 5.41) is 4.62. The third kappa shape index (κ3) is 3.57. The molecule has 0 aliphatic carbocycles. The standard InChI is InChI=1S/C17H26N2S/c1-15-7-11-18-17(20-15)9-13-19(14-10-17)12-8-16-5-3-2-4-6-16/h2-6,15,18H,7-14H2,1H3. The molecule has 2 saturated heterocycles. The number of benzene rings is 1. The maximum atomic E-state index is 3.80. The highest BCUT2D eigenvalue weighted by Crippen LogP contribution is 2.39. The van der Waals surface area contributed by atoms with Crippen LogP contribution in [-0.2, 0) is 6.42 Å². The first-order valence-corrected chi connectivity index (χ1v) is 8.83. The molecule has 0 radical (unpaired) electrons. The summed E-state index contributed by atoms with van der Waals surface area (Å²) in [6, 6.07) is 10.9. The summed E-state index contributed by atoms with van der Waals surface area (Å²) in [5.74, 6) is 0. The lowest BCUT2D eigenvalue weighted by Crippen LogP contribution is -2.54. The molecule has 0 saturated carbocycles. The van der Waals surface area contributed by atoms with Crippen LogP contribution in [0.2, 0.25) is 0 Å². The van der Waals surface area contributed by atoms with Crippen LogP contribution >= 0.6 is 11.8 Å². The van der Waals surface area contributed by atoms with Crippen LogP contribution in [0.5, 0.6) is 0 Å². The van der Waals surface area contributed by atoms with Gasteiger partial charge in [-0.2, -0.15) is 0 Å². The van der Waals surface area contributed by atoms with Gasteiger partial charge in [0, 0.05) is 24.9 Å². The smallest absolute Gasteiger partial charge is 0.0672 e. The van der Waals surface area contributed by atoms with Gasteiger partial charge in [-0.3, -0.25) is 0 Å². The normalized spacial score (nSPS) is 26.8. The van der Waals surface area contributed by atoms with Gasteiger partial charge in [0.15, 0.2) is 0 Å². The topological polar surface area (TPSA) is 15.3 Å². The largest absolute Gasteiger partial charge is 0.303 e. The first-order valence-electron chi connectivity index (χ1n) is 7.95. The van der Waals surface area contributed by atoms with Crippen molar-refractivity contribution in [1.29, 1.82) is 0 Å². The number of likely N-dealkylation sites (tertiary alicyclic amines) is 1. The van der Waals surface area contributed by atoms with Crippen LogP contribution in [0.15, 0.2) is 30.3 Å². The number of piperidine rings is 1. The lowest BCUT2D eigenvalue weighted by molar-refractivity contribution is 0.182. The highest BCUT2D eigenvalue weighted by Gasteiger charge is 2.38. The van der Waals surface area contributed by atoms with Gasteiger partial charge >= 0.3 is 0 Å². The predicted octanol–water partition coefficient (Wildman–Crippen LogP) is 3.14. The van der Waals surface area contributed by atoms with E-state index in [1.165, 1.54) is 57.4 Å². The van der Waals surface area contributed by atoms with Gasteiger partial charge in [0.2, 0.25) is 0 Å². The molecule has 20 heavy (non-hydrogen) atoms. The molecule has 1 unspecified atom stereocenters. The van der Waals surface area contributed by atoms with Crippen molar-refractivity contribution in [3.63, 3.8) is 0 Å². The van der Waals surface area contributed by atoms with E-state index >= 15 is 0 Å². The van der Waals surface area contributed by atoms with E-state index in [9.17, 15) is 0 Å². The molecule has 2 heterocycles. The summed E-state index contributed by atoms with van der Waals surface area (Å²) in [6.07, 6.45) is 5.11. The van der Waals surface area contributed by atoms with Crippen molar-refractivity contribution in [3.05, 3.63) is 35.9 Å². The maximum Gasteiger partial charge on any atom is 0.0672 e. The van der Waals surface area contributed by atoms with Crippen LogP contribution in [0.3, 0.4) is 0 Å². The van der Waals surface area contributed by atoms with E-state index in [-0.39, 0.29) is 0 Å². The third-order valence-corrected chi connectivity index (χ3v) is 6.29. The van der Waals surface area contributed by atoms with Crippen LogP contribution < -0.4 is 5.32 Å². The van der Waals surface area contributed by atoms with Gasteiger partial charge in [0.1, 0.15) is 0 Å². The Labute approximate surface area is 127 Å². The van der Waals surface area contributed by atoms with Crippen molar-refractivity contribution < 1.29 is 0 Å². The SMILES string of the molecule is CC1CCNC2(CCN(CCc3ccccc3)CC2)S1. The summed E-state index contributed by atoms with van der Waals surface area (Å²) in [7, 11) is 0. The van der Waals surface area contributed by atoms with E-state index in [4.69, 9.17) is 0 Å². The third-order valence-electron chi connectivity index (χ3n) is 4.65. The summed E-state index contributed by atoms with van der Waals surface area (Å²) in [6.45, 7) is 7.30. The Morgan fingerprint density at radius 3 is 2.70 bits per heavy atom. The molecule has 1 atom stereocenters. The number of nitrogens with zero attached hydrogens (tertiary/aromatic N) is 1. The molecule has 0 aromatic heterocycles. The summed E-state index contributed by atoms with van der Waals surface area (Å²) in [4.78, 5) is 3.03. The highest BCUT2D eigenvalue weighted by molar-refractivity contribution is 8.01. The molecule has 0 bridgehead atoms. The monoisotopic (exact) mass is 290 g/mol. The molecule has 3 heteroatoms. The minimum atomic E-state index is 0.390. The Balaban J connectivity index is 1.46. The first kappa shape index (κ1) is 14.4. The molecular formula is C17H26N2S. The highest BCUT2D eigenvalue weighted by atomic mass is 32.2. The zero-order chi connectivity index (χ0) is 13.8. The summed E-state index contributed by atoms with van der Waals surface area (Å²) >= 11 is 2.19. The molecule has 2 aliphatic heterocycles. The van der Waals surface area contributed by atoms with Crippen LogP contribution in [0.4, 0.5) is 0 Å². The minimum absolute atomic E-state index is 0.390. The fourth-order valence-electron chi connectivity index (χ4n) is 3.35. The van der Waals surface area contributed by atoms with Gasteiger partial charge in [-0.25, -0.2) is 0 Å². The molecule has 110 valence electrons.